The largest absolute Gasteiger partial charge is 0.474 e. The predicted octanol–water partition coefficient (Wildman–Crippen LogP) is 2.24. The zero-order valence-electron chi connectivity index (χ0n) is 11.8. The van der Waals surface area contributed by atoms with Crippen LogP contribution in [0.2, 0.25) is 0 Å². The molecule has 0 aromatic heterocycles. The van der Waals surface area contributed by atoms with Crippen LogP contribution in [0, 0.1) is 23.7 Å². The zero-order chi connectivity index (χ0) is 13.9. The first-order valence-corrected chi connectivity index (χ1v) is 6.81. The van der Waals surface area contributed by atoms with Gasteiger partial charge in [0.1, 0.15) is 0 Å². The summed E-state index contributed by atoms with van der Waals surface area (Å²) in [4.78, 5) is 23.4. The van der Waals surface area contributed by atoms with E-state index >= 15 is 0 Å². The summed E-state index contributed by atoms with van der Waals surface area (Å²) < 4.78 is 0. The first-order valence-electron chi connectivity index (χ1n) is 6.81. The molecule has 3 atom stereocenters. The Morgan fingerprint density at radius 3 is 2.44 bits per heavy atom. The van der Waals surface area contributed by atoms with Crippen molar-refractivity contribution in [2.45, 2.75) is 40.0 Å². The van der Waals surface area contributed by atoms with Crippen LogP contribution in [0.1, 0.15) is 40.0 Å². The Labute approximate surface area is 109 Å². The summed E-state index contributed by atoms with van der Waals surface area (Å²) in [6, 6.07) is 0. The van der Waals surface area contributed by atoms with Crippen molar-refractivity contribution in [3.63, 3.8) is 0 Å². The molecular weight excluding hydrogens is 230 g/mol. The van der Waals surface area contributed by atoms with Gasteiger partial charge in [0.15, 0.2) is 0 Å². The molecule has 1 N–H and O–H groups in total. The number of likely N-dealkylation sites (N-methyl/N-ethyl adjacent to an activating group) is 1. The van der Waals surface area contributed by atoms with Crippen LogP contribution in [-0.2, 0) is 9.59 Å². The van der Waals surface area contributed by atoms with Crippen molar-refractivity contribution in [3.05, 3.63) is 0 Å². The number of aliphatic carboxylic acids is 1. The van der Waals surface area contributed by atoms with Crippen LogP contribution >= 0.6 is 0 Å². The highest BCUT2D eigenvalue weighted by Gasteiger charge is 2.32. The Hall–Kier alpha value is -1.06. The molecule has 1 saturated carbocycles. The fraction of sp³-hybridized carbons (Fsp3) is 0.857. The molecule has 4 heteroatoms. The standard InChI is InChI=1S/C14H25NO3/c1-9(2)12-6-5-10(3)7-11(12)8-15(4)13(16)14(17)18/h9-12H,5-8H2,1-4H3,(H,17,18). The maximum absolute atomic E-state index is 11.4. The first kappa shape index (κ1) is 15.0. The Morgan fingerprint density at radius 2 is 1.94 bits per heavy atom. The number of rotatable bonds is 3. The highest BCUT2D eigenvalue weighted by molar-refractivity contribution is 6.31. The van der Waals surface area contributed by atoms with Gasteiger partial charge in [0.25, 0.3) is 0 Å². The Balaban J connectivity index is 2.66. The van der Waals surface area contributed by atoms with Crippen molar-refractivity contribution in [3.8, 4) is 0 Å². The molecule has 1 rings (SSSR count). The molecule has 0 spiro atoms. The van der Waals surface area contributed by atoms with E-state index in [0.717, 1.165) is 6.42 Å². The van der Waals surface area contributed by atoms with Gasteiger partial charge < -0.3 is 10.0 Å². The van der Waals surface area contributed by atoms with Gasteiger partial charge in [-0.05, 0) is 36.5 Å². The molecule has 3 unspecified atom stereocenters. The minimum atomic E-state index is -1.36. The van der Waals surface area contributed by atoms with Gasteiger partial charge in [0.05, 0.1) is 0 Å². The fourth-order valence-corrected chi connectivity index (χ4v) is 3.21. The predicted molar refractivity (Wildman–Crippen MR) is 70.1 cm³/mol. The molecule has 0 heterocycles. The minimum Gasteiger partial charge on any atom is -0.474 e. The van der Waals surface area contributed by atoms with Crippen molar-refractivity contribution in [2.75, 3.05) is 13.6 Å². The third kappa shape index (κ3) is 3.72. The zero-order valence-corrected chi connectivity index (χ0v) is 11.8. The van der Waals surface area contributed by atoms with Crippen molar-refractivity contribution in [2.24, 2.45) is 23.7 Å². The van der Waals surface area contributed by atoms with E-state index in [1.165, 1.54) is 17.7 Å². The third-order valence-electron chi connectivity index (χ3n) is 4.20. The third-order valence-corrected chi connectivity index (χ3v) is 4.20. The molecule has 0 bridgehead atoms. The summed E-state index contributed by atoms with van der Waals surface area (Å²) >= 11 is 0. The molecular formula is C14H25NO3. The van der Waals surface area contributed by atoms with Crippen LogP contribution in [-0.4, -0.2) is 35.5 Å². The van der Waals surface area contributed by atoms with Crippen molar-refractivity contribution in [1.82, 2.24) is 4.90 Å². The number of amides is 1. The second-order valence-corrected chi connectivity index (χ2v) is 6.08. The molecule has 0 radical (unpaired) electrons. The summed E-state index contributed by atoms with van der Waals surface area (Å²) in [6.45, 7) is 7.24. The van der Waals surface area contributed by atoms with E-state index in [0.29, 0.717) is 30.2 Å². The monoisotopic (exact) mass is 255 g/mol. The van der Waals surface area contributed by atoms with Crippen LogP contribution in [0.15, 0.2) is 0 Å². The molecule has 1 aliphatic carbocycles. The Morgan fingerprint density at radius 1 is 1.33 bits per heavy atom. The van der Waals surface area contributed by atoms with E-state index in [9.17, 15) is 9.59 Å². The van der Waals surface area contributed by atoms with Gasteiger partial charge in [-0.1, -0.05) is 27.2 Å². The molecule has 0 aromatic rings. The number of carboxylic acids is 1. The number of carboxylic acid groups (broad SMARTS) is 1. The average molecular weight is 255 g/mol. The smallest absolute Gasteiger partial charge is 0.394 e. The van der Waals surface area contributed by atoms with Crippen LogP contribution in [0.5, 0.6) is 0 Å². The first-order chi connectivity index (χ1) is 8.32. The van der Waals surface area contributed by atoms with Gasteiger partial charge in [-0.3, -0.25) is 4.79 Å². The molecule has 1 fully saturated rings. The molecule has 0 aliphatic heterocycles. The van der Waals surface area contributed by atoms with E-state index in [2.05, 4.69) is 20.8 Å². The van der Waals surface area contributed by atoms with Crippen molar-refractivity contribution in [1.29, 1.82) is 0 Å². The SMILES string of the molecule is CC1CCC(C(C)C)C(CN(C)C(=O)C(=O)O)C1. The lowest BCUT2D eigenvalue weighted by molar-refractivity contribution is -0.155. The van der Waals surface area contributed by atoms with Gasteiger partial charge in [-0.2, -0.15) is 0 Å². The van der Waals surface area contributed by atoms with Crippen LogP contribution in [0.3, 0.4) is 0 Å². The summed E-state index contributed by atoms with van der Waals surface area (Å²) in [7, 11) is 1.59. The summed E-state index contributed by atoms with van der Waals surface area (Å²) in [6.07, 6.45) is 3.54. The topological polar surface area (TPSA) is 57.6 Å². The highest BCUT2D eigenvalue weighted by atomic mass is 16.4. The maximum atomic E-state index is 11.4. The van der Waals surface area contributed by atoms with Crippen molar-refractivity contribution >= 4 is 11.9 Å². The van der Waals surface area contributed by atoms with Gasteiger partial charge in [0.2, 0.25) is 0 Å². The maximum Gasteiger partial charge on any atom is 0.394 e. The number of hydrogen-bond acceptors (Lipinski definition) is 2. The van der Waals surface area contributed by atoms with Crippen LogP contribution < -0.4 is 0 Å². The van der Waals surface area contributed by atoms with E-state index < -0.39 is 11.9 Å². The molecule has 4 nitrogen and oxygen atoms in total. The summed E-state index contributed by atoms with van der Waals surface area (Å²) in [5, 5.41) is 8.72. The van der Waals surface area contributed by atoms with Gasteiger partial charge in [0, 0.05) is 13.6 Å². The number of hydrogen-bond donors (Lipinski definition) is 1. The fourth-order valence-electron chi connectivity index (χ4n) is 3.21. The molecule has 0 saturated heterocycles. The molecule has 1 amide bonds. The van der Waals surface area contributed by atoms with Crippen molar-refractivity contribution < 1.29 is 14.7 Å². The second-order valence-electron chi connectivity index (χ2n) is 6.08. The Kier molecular flexibility index (Phi) is 5.17. The highest BCUT2D eigenvalue weighted by Crippen LogP contribution is 2.38. The average Bonchev–Trinajstić information content (AvgIpc) is 2.27. The number of carbonyl (C=O) groups excluding carboxylic acids is 1. The normalized spacial score (nSPS) is 28.2. The summed E-state index contributed by atoms with van der Waals surface area (Å²) in [5.41, 5.74) is 0. The van der Waals surface area contributed by atoms with E-state index in [1.54, 1.807) is 7.05 Å². The second kappa shape index (κ2) is 6.21. The Bertz CT molecular complexity index is 314. The number of nitrogens with zero attached hydrogens (tertiary/aromatic N) is 1. The molecule has 0 aromatic carbocycles. The van der Waals surface area contributed by atoms with Gasteiger partial charge >= 0.3 is 11.9 Å². The lowest BCUT2D eigenvalue weighted by Crippen LogP contribution is -2.41. The number of carbonyl (C=O) groups is 2. The van der Waals surface area contributed by atoms with E-state index in [1.807, 2.05) is 0 Å². The van der Waals surface area contributed by atoms with E-state index in [-0.39, 0.29) is 0 Å². The molecule has 1 aliphatic rings. The van der Waals surface area contributed by atoms with Gasteiger partial charge in [-0.25, -0.2) is 4.79 Å². The lowest BCUT2D eigenvalue weighted by atomic mass is 9.70. The quantitative estimate of drug-likeness (QED) is 0.787. The van der Waals surface area contributed by atoms with E-state index in [4.69, 9.17) is 5.11 Å². The van der Waals surface area contributed by atoms with Gasteiger partial charge in [-0.15, -0.1) is 0 Å². The van der Waals surface area contributed by atoms with Crippen LogP contribution in [0.4, 0.5) is 0 Å². The lowest BCUT2D eigenvalue weighted by Gasteiger charge is -2.39. The molecule has 104 valence electrons. The summed E-state index contributed by atoms with van der Waals surface area (Å²) in [5.74, 6) is 0.152. The minimum absolute atomic E-state index is 0.432. The molecule has 18 heavy (non-hydrogen) atoms. The van der Waals surface area contributed by atoms with Crippen LogP contribution in [0.25, 0.3) is 0 Å².